The number of para-hydroxylation sites is 1. The normalized spacial score (nSPS) is 21.6. The van der Waals surface area contributed by atoms with Crippen LogP contribution in [-0.4, -0.2) is 24.4 Å². The number of aliphatic hydroxyl groups excluding tert-OH is 1. The van der Waals surface area contributed by atoms with Crippen LogP contribution in [0, 0.1) is 0 Å². The molecule has 1 aromatic carbocycles. The monoisotopic (exact) mass is 207 g/mol. The zero-order valence-corrected chi connectivity index (χ0v) is 8.73. The third-order valence-corrected chi connectivity index (χ3v) is 2.90. The Labute approximate surface area is 89.9 Å². The number of hydrogen-bond donors (Lipinski definition) is 2. The molecule has 0 radical (unpaired) electrons. The first kappa shape index (κ1) is 10.5. The van der Waals surface area contributed by atoms with E-state index in [1.165, 1.54) is 5.56 Å². The van der Waals surface area contributed by atoms with Crippen LogP contribution in [0.3, 0.4) is 0 Å². The summed E-state index contributed by atoms with van der Waals surface area (Å²) in [6, 6.07) is 7.95. The molecule has 0 saturated carbocycles. The molecule has 1 aromatic rings. The van der Waals surface area contributed by atoms with Gasteiger partial charge in [0.05, 0.1) is 13.2 Å². The van der Waals surface area contributed by atoms with Gasteiger partial charge >= 0.3 is 0 Å². The Morgan fingerprint density at radius 1 is 1.47 bits per heavy atom. The molecule has 0 saturated heterocycles. The molecule has 15 heavy (non-hydrogen) atoms. The minimum atomic E-state index is -0.124. The molecule has 0 bridgehead atoms. The van der Waals surface area contributed by atoms with Crippen LogP contribution in [0.2, 0.25) is 0 Å². The fourth-order valence-corrected chi connectivity index (χ4v) is 2.10. The minimum Gasteiger partial charge on any atom is -0.493 e. The van der Waals surface area contributed by atoms with E-state index in [0.717, 1.165) is 25.2 Å². The van der Waals surface area contributed by atoms with Crippen molar-refractivity contribution >= 4 is 0 Å². The van der Waals surface area contributed by atoms with E-state index >= 15 is 0 Å². The van der Waals surface area contributed by atoms with Gasteiger partial charge < -0.3 is 15.6 Å². The van der Waals surface area contributed by atoms with Gasteiger partial charge in [0.15, 0.2) is 0 Å². The van der Waals surface area contributed by atoms with Crippen LogP contribution in [-0.2, 0) is 0 Å². The Kier molecular flexibility index (Phi) is 3.23. The second-order valence-electron chi connectivity index (χ2n) is 4.05. The first-order valence-corrected chi connectivity index (χ1v) is 5.39. The van der Waals surface area contributed by atoms with Crippen molar-refractivity contribution in [3.05, 3.63) is 29.8 Å². The lowest BCUT2D eigenvalue weighted by molar-refractivity contribution is 0.228. The summed E-state index contributed by atoms with van der Waals surface area (Å²) in [7, 11) is 0. The highest BCUT2D eigenvalue weighted by atomic mass is 16.5. The molecule has 0 spiro atoms. The molecular formula is C12H17NO2. The van der Waals surface area contributed by atoms with Crippen LogP contribution < -0.4 is 10.5 Å². The van der Waals surface area contributed by atoms with Gasteiger partial charge in [-0.2, -0.15) is 0 Å². The summed E-state index contributed by atoms with van der Waals surface area (Å²) >= 11 is 0. The number of nitrogens with two attached hydrogens (primary N) is 1. The van der Waals surface area contributed by atoms with Gasteiger partial charge in [0.2, 0.25) is 0 Å². The number of rotatable bonds is 3. The van der Waals surface area contributed by atoms with E-state index in [2.05, 4.69) is 6.07 Å². The van der Waals surface area contributed by atoms with Gasteiger partial charge in [-0.15, -0.1) is 0 Å². The smallest absolute Gasteiger partial charge is 0.122 e. The van der Waals surface area contributed by atoms with Crippen molar-refractivity contribution in [2.75, 3.05) is 13.2 Å². The second kappa shape index (κ2) is 4.64. The zero-order valence-electron chi connectivity index (χ0n) is 8.73. The van der Waals surface area contributed by atoms with Gasteiger partial charge in [0.1, 0.15) is 5.75 Å². The van der Waals surface area contributed by atoms with Crippen LogP contribution >= 0.6 is 0 Å². The molecule has 3 N–H and O–H groups in total. The van der Waals surface area contributed by atoms with Crippen molar-refractivity contribution in [3.8, 4) is 5.75 Å². The standard InChI is InChI=1S/C12H17NO2/c13-10(8-14)7-9-5-6-15-12-4-2-1-3-11(9)12/h1-4,9-10,14H,5-8,13H2. The Morgan fingerprint density at radius 2 is 2.27 bits per heavy atom. The summed E-state index contributed by atoms with van der Waals surface area (Å²) < 4.78 is 5.57. The topological polar surface area (TPSA) is 55.5 Å². The lowest BCUT2D eigenvalue weighted by atomic mass is 9.88. The molecule has 82 valence electrons. The Morgan fingerprint density at radius 3 is 3.07 bits per heavy atom. The highest BCUT2D eigenvalue weighted by molar-refractivity contribution is 5.37. The summed E-state index contributed by atoms with van der Waals surface area (Å²) in [5.74, 6) is 1.40. The van der Waals surface area contributed by atoms with Crippen molar-refractivity contribution in [2.45, 2.75) is 24.8 Å². The summed E-state index contributed by atoms with van der Waals surface area (Å²) in [6.45, 7) is 0.805. The van der Waals surface area contributed by atoms with Crippen molar-refractivity contribution in [1.82, 2.24) is 0 Å². The van der Waals surface area contributed by atoms with Crippen LogP contribution in [0.25, 0.3) is 0 Å². The lowest BCUT2D eigenvalue weighted by Crippen LogP contribution is -2.28. The fourth-order valence-electron chi connectivity index (χ4n) is 2.10. The lowest BCUT2D eigenvalue weighted by Gasteiger charge is -2.27. The summed E-state index contributed by atoms with van der Waals surface area (Å²) in [4.78, 5) is 0. The molecule has 2 unspecified atom stereocenters. The maximum absolute atomic E-state index is 8.96. The molecule has 0 fully saturated rings. The van der Waals surface area contributed by atoms with Crippen molar-refractivity contribution in [2.24, 2.45) is 5.73 Å². The molecule has 3 heteroatoms. The van der Waals surface area contributed by atoms with Crippen LogP contribution in [0.1, 0.15) is 24.3 Å². The Bertz CT molecular complexity index is 327. The van der Waals surface area contributed by atoms with Crippen molar-refractivity contribution in [1.29, 1.82) is 0 Å². The third kappa shape index (κ3) is 2.30. The van der Waals surface area contributed by atoms with Crippen molar-refractivity contribution < 1.29 is 9.84 Å². The van der Waals surface area contributed by atoms with E-state index in [9.17, 15) is 0 Å². The number of aliphatic hydroxyl groups is 1. The highest BCUT2D eigenvalue weighted by Gasteiger charge is 2.22. The Balaban J connectivity index is 2.15. The number of ether oxygens (including phenoxy) is 1. The predicted octanol–water partition coefficient (Wildman–Crippen LogP) is 1.26. The van der Waals surface area contributed by atoms with E-state index in [1.54, 1.807) is 0 Å². The van der Waals surface area contributed by atoms with Gasteiger partial charge in [-0.3, -0.25) is 0 Å². The summed E-state index contributed by atoms with van der Waals surface area (Å²) in [5, 5.41) is 8.96. The van der Waals surface area contributed by atoms with Crippen LogP contribution in [0.4, 0.5) is 0 Å². The summed E-state index contributed by atoms with van der Waals surface area (Å²) in [6.07, 6.45) is 1.82. The average Bonchev–Trinajstić information content (AvgIpc) is 2.29. The molecule has 0 amide bonds. The molecule has 1 aliphatic rings. The Hall–Kier alpha value is -1.06. The first-order valence-electron chi connectivity index (χ1n) is 5.39. The number of benzene rings is 1. The zero-order chi connectivity index (χ0) is 10.7. The maximum atomic E-state index is 8.96. The van der Waals surface area contributed by atoms with Gasteiger partial charge in [-0.05, 0) is 30.4 Å². The molecule has 3 nitrogen and oxygen atoms in total. The molecular weight excluding hydrogens is 190 g/mol. The van der Waals surface area contributed by atoms with E-state index in [4.69, 9.17) is 15.6 Å². The third-order valence-electron chi connectivity index (χ3n) is 2.90. The van der Waals surface area contributed by atoms with Gasteiger partial charge in [-0.1, -0.05) is 18.2 Å². The van der Waals surface area contributed by atoms with E-state index in [-0.39, 0.29) is 12.6 Å². The second-order valence-corrected chi connectivity index (χ2v) is 4.05. The molecule has 2 atom stereocenters. The predicted molar refractivity (Wildman–Crippen MR) is 59.0 cm³/mol. The van der Waals surface area contributed by atoms with Crippen molar-refractivity contribution in [3.63, 3.8) is 0 Å². The van der Waals surface area contributed by atoms with E-state index in [0.29, 0.717) is 5.92 Å². The quantitative estimate of drug-likeness (QED) is 0.784. The van der Waals surface area contributed by atoms with Gasteiger partial charge in [-0.25, -0.2) is 0 Å². The minimum absolute atomic E-state index is 0.0551. The largest absolute Gasteiger partial charge is 0.493 e. The van der Waals surface area contributed by atoms with E-state index < -0.39 is 0 Å². The van der Waals surface area contributed by atoms with E-state index in [1.807, 2.05) is 18.2 Å². The number of hydrogen-bond acceptors (Lipinski definition) is 3. The average molecular weight is 207 g/mol. The molecule has 0 aromatic heterocycles. The molecule has 1 aliphatic heterocycles. The first-order chi connectivity index (χ1) is 7.31. The molecule has 0 aliphatic carbocycles. The molecule has 1 heterocycles. The maximum Gasteiger partial charge on any atom is 0.122 e. The van der Waals surface area contributed by atoms with Gasteiger partial charge in [0, 0.05) is 6.04 Å². The highest BCUT2D eigenvalue weighted by Crippen LogP contribution is 2.35. The van der Waals surface area contributed by atoms with Gasteiger partial charge in [0.25, 0.3) is 0 Å². The summed E-state index contributed by atoms with van der Waals surface area (Å²) in [5.41, 5.74) is 7.00. The molecule has 2 rings (SSSR count). The van der Waals surface area contributed by atoms with Crippen LogP contribution in [0.5, 0.6) is 5.75 Å². The fraction of sp³-hybridized carbons (Fsp3) is 0.500. The number of fused-ring (bicyclic) bond motifs is 1. The van der Waals surface area contributed by atoms with Crippen LogP contribution in [0.15, 0.2) is 24.3 Å². The SMILES string of the molecule is NC(CO)CC1CCOc2ccccc21.